The predicted molar refractivity (Wildman–Crippen MR) is 47.0 cm³/mol. The highest BCUT2D eigenvalue weighted by Crippen LogP contribution is 2.04. The number of pyridine rings is 1. The average molecular weight is 179 g/mol. The van der Waals surface area contributed by atoms with Gasteiger partial charge >= 0.3 is 0 Å². The zero-order chi connectivity index (χ0) is 9.42. The van der Waals surface area contributed by atoms with Gasteiger partial charge in [0.05, 0.1) is 0 Å². The lowest BCUT2D eigenvalue weighted by Gasteiger charge is -2.27. The number of nitrogens with zero attached hydrogens (tertiary/aromatic N) is 2. The summed E-state index contributed by atoms with van der Waals surface area (Å²) < 4.78 is 1.56. The van der Waals surface area contributed by atoms with E-state index in [-0.39, 0.29) is 11.3 Å². The molecule has 1 amide bonds. The summed E-state index contributed by atoms with van der Waals surface area (Å²) in [7, 11) is 1.68. The Morgan fingerprint density at radius 1 is 1.46 bits per heavy atom. The predicted octanol–water partition coefficient (Wildman–Crippen LogP) is -0.565. The third-order valence-corrected chi connectivity index (χ3v) is 1.97. The summed E-state index contributed by atoms with van der Waals surface area (Å²) in [6.45, 7) is 0.453. The van der Waals surface area contributed by atoms with Gasteiger partial charge in [0.25, 0.3) is 5.91 Å². The van der Waals surface area contributed by atoms with E-state index in [0.29, 0.717) is 12.4 Å². The fourth-order valence-electron chi connectivity index (χ4n) is 1.23. The van der Waals surface area contributed by atoms with E-state index in [1.165, 1.54) is 17.0 Å². The second kappa shape index (κ2) is 2.62. The Kier molecular flexibility index (Phi) is 1.58. The summed E-state index contributed by atoms with van der Waals surface area (Å²) in [5.74, 6) is -0.142. The molecular formula is C8H9N3O2. The van der Waals surface area contributed by atoms with E-state index < -0.39 is 0 Å². The summed E-state index contributed by atoms with van der Waals surface area (Å²) in [6, 6.07) is 2.74. The normalized spacial score (nSPS) is 15.2. The summed E-state index contributed by atoms with van der Waals surface area (Å²) in [5.41, 5.74) is 3.17. The first-order chi connectivity index (χ1) is 6.18. The van der Waals surface area contributed by atoms with Crippen LogP contribution in [0.25, 0.3) is 0 Å². The maximum Gasteiger partial charge on any atom is 0.273 e. The Labute approximate surface area is 74.6 Å². The first-order valence-electron chi connectivity index (χ1n) is 3.90. The lowest BCUT2D eigenvalue weighted by atomic mass is 10.3. The van der Waals surface area contributed by atoms with Crippen molar-refractivity contribution >= 4 is 5.91 Å². The minimum atomic E-state index is -0.156. The Hall–Kier alpha value is -1.78. The number of aromatic nitrogens is 1. The number of hydrogen-bond donors (Lipinski definition) is 1. The second-order valence-corrected chi connectivity index (χ2v) is 2.94. The van der Waals surface area contributed by atoms with Gasteiger partial charge in [-0.25, -0.2) is 0 Å². The molecule has 0 unspecified atom stereocenters. The molecule has 1 aromatic rings. The third-order valence-electron chi connectivity index (χ3n) is 1.97. The molecule has 1 N–H and O–H groups in total. The largest absolute Gasteiger partial charge is 0.321 e. The highest BCUT2D eigenvalue weighted by molar-refractivity contribution is 5.93. The summed E-state index contributed by atoms with van der Waals surface area (Å²) in [4.78, 5) is 24.0. The van der Waals surface area contributed by atoms with E-state index in [1.54, 1.807) is 17.9 Å². The molecule has 0 saturated heterocycles. The standard InChI is InChI=1S/C8H9N3O2/c1-10-5-9-11-3-2-6(12)4-7(11)8(10)13/h2-4,9H,5H2,1H3. The lowest BCUT2D eigenvalue weighted by Crippen LogP contribution is -2.43. The van der Waals surface area contributed by atoms with Gasteiger partial charge in [-0.15, -0.1) is 0 Å². The van der Waals surface area contributed by atoms with Gasteiger partial charge in [0.1, 0.15) is 12.4 Å². The summed E-state index contributed by atoms with van der Waals surface area (Å²) >= 11 is 0. The highest BCUT2D eigenvalue weighted by atomic mass is 16.2. The molecule has 0 aliphatic carbocycles. The number of carbonyl (C=O) groups is 1. The molecular weight excluding hydrogens is 170 g/mol. The van der Waals surface area contributed by atoms with Crippen molar-refractivity contribution in [1.29, 1.82) is 0 Å². The minimum Gasteiger partial charge on any atom is -0.321 e. The topological polar surface area (TPSA) is 54.3 Å². The number of hydrogen-bond acceptors (Lipinski definition) is 3. The average Bonchev–Trinajstić information content (AvgIpc) is 2.12. The van der Waals surface area contributed by atoms with Gasteiger partial charge < -0.3 is 10.3 Å². The maximum atomic E-state index is 11.5. The van der Waals surface area contributed by atoms with Crippen LogP contribution in [0.3, 0.4) is 0 Å². The molecule has 5 heteroatoms. The van der Waals surface area contributed by atoms with Crippen molar-refractivity contribution in [2.75, 3.05) is 19.1 Å². The first-order valence-corrected chi connectivity index (χ1v) is 3.90. The number of carbonyl (C=O) groups excluding carboxylic acids is 1. The fourth-order valence-corrected chi connectivity index (χ4v) is 1.23. The lowest BCUT2D eigenvalue weighted by molar-refractivity contribution is 0.0768. The molecule has 2 heterocycles. The van der Waals surface area contributed by atoms with Crippen molar-refractivity contribution in [2.45, 2.75) is 0 Å². The Morgan fingerprint density at radius 3 is 3.00 bits per heavy atom. The molecule has 2 rings (SSSR count). The SMILES string of the molecule is CN1CNn2ccc(=O)cc2C1=O. The highest BCUT2D eigenvalue weighted by Gasteiger charge is 2.19. The molecule has 1 aromatic heterocycles. The van der Waals surface area contributed by atoms with E-state index in [0.717, 1.165) is 0 Å². The molecule has 0 bridgehead atoms. The van der Waals surface area contributed by atoms with E-state index in [4.69, 9.17) is 0 Å². The van der Waals surface area contributed by atoms with Gasteiger partial charge in [0.15, 0.2) is 5.43 Å². The zero-order valence-corrected chi connectivity index (χ0v) is 7.15. The van der Waals surface area contributed by atoms with Crippen molar-refractivity contribution in [2.24, 2.45) is 0 Å². The monoisotopic (exact) mass is 179 g/mol. The molecule has 0 saturated carbocycles. The molecule has 13 heavy (non-hydrogen) atoms. The molecule has 1 aliphatic rings. The van der Waals surface area contributed by atoms with E-state index >= 15 is 0 Å². The van der Waals surface area contributed by atoms with E-state index in [2.05, 4.69) is 5.43 Å². The molecule has 0 aromatic carbocycles. The Bertz CT molecular complexity index is 410. The van der Waals surface area contributed by atoms with E-state index in [9.17, 15) is 9.59 Å². The second-order valence-electron chi connectivity index (χ2n) is 2.94. The Morgan fingerprint density at radius 2 is 2.23 bits per heavy atom. The zero-order valence-electron chi connectivity index (χ0n) is 7.15. The summed E-state index contributed by atoms with van der Waals surface area (Å²) in [5, 5.41) is 0. The van der Waals surface area contributed by atoms with Crippen LogP contribution in [0.2, 0.25) is 0 Å². The van der Waals surface area contributed by atoms with E-state index in [1.807, 2.05) is 0 Å². The molecule has 1 aliphatic heterocycles. The van der Waals surface area contributed by atoms with Crippen molar-refractivity contribution in [3.8, 4) is 0 Å². The number of amides is 1. The van der Waals surface area contributed by atoms with Crippen LogP contribution in [0.4, 0.5) is 0 Å². The van der Waals surface area contributed by atoms with Gasteiger partial charge in [-0.05, 0) is 0 Å². The molecule has 0 fully saturated rings. The van der Waals surface area contributed by atoms with Crippen molar-refractivity contribution in [1.82, 2.24) is 9.58 Å². The first kappa shape index (κ1) is 7.85. The fraction of sp³-hybridized carbons (Fsp3) is 0.250. The van der Waals surface area contributed by atoms with Gasteiger partial charge in [-0.3, -0.25) is 14.3 Å². The van der Waals surface area contributed by atoms with Crippen LogP contribution in [0.15, 0.2) is 23.1 Å². The number of nitrogens with one attached hydrogen (secondary N) is 1. The van der Waals surface area contributed by atoms with Crippen molar-refractivity contribution < 1.29 is 4.79 Å². The van der Waals surface area contributed by atoms with Crippen molar-refractivity contribution in [3.63, 3.8) is 0 Å². The Balaban J connectivity index is 2.58. The van der Waals surface area contributed by atoms with Crippen LogP contribution in [0.1, 0.15) is 10.5 Å². The molecule has 0 radical (unpaired) electrons. The van der Waals surface area contributed by atoms with Crippen LogP contribution >= 0.6 is 0 Å². The van der Waals surface area contributed by atoms with Crippen LogP contribution in [0, 0.1) is 0 Å². The maximum absolute atomic E-state index is 11.5. The molecule has 0 atom stereocenters. The van der Waals surface area contributed by atoms with Gasteiger partial charge in [-0.2, -0.15) is 0 Å². The molecule has 5 nitrogen and oxygen atoms in total. The number of fused-ring (bicyclic) bond motifs is 1. The minimum absolute atomic E-state index is 0.142. The summed E-state index contributed by atoms with van der Waals surface area (Å²) in [6.07, 6.45) is 1.56. The van der Waals surface area contributed by atoms with Crippen LogP contribution in [-0.4, -0.2) is 29.2 Å². The molecule has 0 spiro atoms. The van der Waals surface area contributed by atoms with Crippen LogP contribution < -0.4 is 10.9 Å². The van der Waals surface area contributed by atoms with Gasteiger partial charge in [-0.1, -0.05) is 0 Å². The quantitative estimate of drug-likeness (QED) is 0.580. The smallest absolute Gasteiger partial charge is 0.273 e. The third kappa shape index (κ3) is 1.18. The van der Waals surface area contributed by atoms with Crippen LogP contribution in [0.5, 0.6) is 0 Å². The number of rotatable bonds is 0. The van der Waals surface area contributed by atoms with Gasteiger partial charge in [0.2, 0.25) is 0 Å². The van der Waals surface area contributed by atoms with Gasteiger partial charge in [0, 0.05) is 25.4 Å². The molecule has 68 valence electrons. The van der Waals surface area contributed by atoms with Crippen molar-refractivity contribution in [3.05, 3.63) is 34.2 Å². The van der Waals surface area contributed by atoms with Crippen LogP contribution in [-0.2, 0) is 0 Å².